The molecule has 0 spiro atoms. The molecule has 1 saturated heterocycles. The predicted molar refractivity (Wildman–Crippen MR) is 123 cm³/mol. The van der Waals surface area contributed by atoms with Crippen molar-refractivity contribution in [2.75, 3.05) is 32.8 Å². The monoisotopic (exact) mass is 465 g/mol. The molecule has 170 valence electrons. The molecule has 0 aliphatic carbocycles. The van der Waals surface area contributed by atoms with Gasteiger partial charge in [-0.1, -0.05) is 26.0 Å². The standard InChI is InChI=1S/C22H31N3O4S2/c1-17(2)13-19(25-8-10-29-11-9-25)15-23-22(26)18-5-3-7-21(14-18)31(27,28)24-16-20-6-4-12-30-20/h3-7,12,14,17,19,24H,8-11,13,15-16H2,1-2H3,(H,23,26). The third-order valence-corrected chi connectivity index (χ3v) is 7.50. The summed E-state index contributed by atoms with van der Waals surface area (Å²) in [6.45, 7) is 8.23. The number of morpholine rings is 1. The lowest BCUT2D eigenvalue weighted by atomic mass is 10.0. The first-order valence-corrected chi connectivity index (χ1v) is 12.9. The Balaban J connectivity index is 1.63. The maximum atomic E-state index is 12.8. The van der Waals surface area contributed by atoms with Crippen molar-refractivity contribution in [3.63, 3.8) is 0 Å². The van der Waals surface area contributed by atoms with E-state index in [-0.39, 0.29) is 23.4 Å². The average molecular weight is 466 g/mol. The highest BCUT2D eigenvalue weighted by Gasteiger charge is 2.23. The lowest BCUT2D eigenvalue weighted by Crippen LogP contribution is -2.49. The molecule has 2 heterocycles. The molecule has 1 amide bonds. The fourth-order valence-electron chi connectivity index (χ4n) is 3.63. The maximum Gasteiger partial charge on any atom is 0.251 e. The van der Waals surface area contributed by atoms with E-state index in [1.54, 1.807) is 12.1 Å². The summed E-state index contributed by atoms with van der Waals surface area (Å²) in [7, 11) is -3.70. The Morgan fingerprint density at radius 3 is 2.65 bits per heavy atom. The van der Waals surface area contributed by atoms with Crippen LogP contribution in [-0.2, 0) is 21.3 Å². The SMILES string of the molecule is CC(C)CC(CNC(=O)c1cccc(S(=O)(=O)NCc2cccs2)c1)N1CCOCC1. The van der Waals surface area contributed by atoms with Gasteiger partial charge < -0.3 is 10.1 Å². The van der Waals surface area contributed by atoms with E-state index in [9.17, 15) is 13.2 Å². The first-order chi connectivity index (χ1) is 14.8. The molecule has 9 heteroatoms. The van der Waals surface area contributed by atoms with Gasteiger partial charge in [-0.3, -0.25) is 9.69 Å². The lowest BCUT2D eigenvalue weighted by Gasteiger charge is -2.35. The Hall–Kier alpha value is -1.78. The Morgan fingerprint density at radius 1 is 1.19 bits per heavy atom. The van der Waals surface area contributed by atoms with Crippen LogP contribution in [0.15, 0.2) is 46.7 Å². The number of nitrogens with one attached hydrogen (secondary N) is 2. The molecule has 3 rings (SSSR count). The molecule has 1 aromatic carbocycles. The van der Waals surface area contributed by atoms with Gasteiger partial charge in [0.2, 0.25) is 10.0 Å². The Kier molecular flexibility index (Phi) is 8.62. The molecule has 0 radical (unpaired) electrons. The Labute approximate surface area is 188 Å². The van der Waals surface area contributed by atoms with E-state index in [1.165, 1.54) is 23.5 Å². The second-order valence-electron chi connectivity index (χ2n) is 8.07. The van der Waals surface area contributed by atoms with Gasteiger partial charge in [0.1, 0.15) is 0 Å². The number of nitrogens with zero attached hydrogens (tertiary/aromatic N) is 1. The number of carbonyl (C=O) groups excluding carboxylic acids is 1. The first-order valence-electron chi connectivity index (χ1n) is 10.6. The summed E-state index contributed by atoms with van der Waals surface area (Å²) in [4.78, 5) is 16.1. The molecular weight excluding hydrogens is 434 g/mol. The molecular formula is C22H31N3O4S2. The largest absolute Gasteiger partial charge is 0.379 e. The molecule has 1 unspecified atom stereocenters. The van der Waals surface area contributed by atoms with Crippen LogP contribution >= 0.6 is 11.3 Å². The molecule has 2 aromatic rings. The number of carbonyl (C=O) groups is 1. The quantitative estimate of drug-likeness (QED) is 0.563. The van der Waals surface area contributed by atoms with Gasteiger partial charge in [0.15, 0.2) is 0 Å². The molecule has 0 bridgehead atoms. The summed E-state index contributed by atoms with van der Waals surface area (Å²) in [6.07, 6.45) is 0.974. The summed E-state index contributed by atoms with van der Waals surface area (Å²) in [6, 6.07) is 10.2. The number of thiophene rings is 1. The molecule has 7 nitrogen and oxygen atoms in total. The van der Waals surface area contributed by atoms with Crippen molar-refractivity contribution in [3.8, 4) is 0 Å². The summed E-state index contributed by atoms with van der Waals surface area (Å²) >= 11 is 1.49. The zero-order chi connectivity index (χ0) is 22.3. The van der Waals surface area contributed by atoms with Crippen LogP contribution in [0.2, 0.25) is 0 Å². The maximum absolute atomic E-state index is 12.8. The summed E-state index contributed by atoms with van der Waals surface area (Å²) in [5.74, 6) is 0.241. The van der Waals surface area contributed by atoms with Crippen LogP contribution in [0, 0.1) is 5.92 Å². The average Bonchev–Trinajstić information content (AvgIpc) is 3.29. The van der Waals surface area contributed by atoms with E-state index in [1.807, 2.05) is 17.5 Å². The molecule has 1 fully saturated rings. The minimum Gasteiger partial charge on any atom is -0.379 e. The van der Waals surface area contributed by atoms with E-state index in [4.69, 9.17) is 4.74 Å². The normalized spacial score (nSPS) is 16.4. The summed E-state index contributed by atoms with van der Waals surface area (Å²) in [5.41, 5.74) is 0.337. The van der Waals surface area contributed by atoms with Crippen LogP contribution in [-0.4, -0.2) is 58.1 Å². The van der Waals surface area contributed by atoms with E-state index in [0.717, 1.165) is 24.4 Å². The number of hydrogen-bond donors (Lipinski definition) is 2. The third kappa shape index (κ3) is 7.11. The molecule has 0 saturated carbocycles. The van der Waals surface area contributed by atoms with Gasteiger partial charge in [0.05, 0.1) is 18.1 Å². The molecule has 1 aliphatic heterocycles. The second-order valence-corrected chi connectivity index (χ2v) is 10.9. The van der Waals surface area contributed by atoms with Gasteiger partial charge in [-0.05, 0) is 42.0 Å². The van der Waals surface area contributed by atoms with Gasteiger partial charge >= 0.3 is 0 Å². The zero-order valence-electron chi connectivity index (χ0n) is 18.0. The molecule has 1 atom stereocenters. The molecule has 31 heavy (non-hydrogen) atoms. The van der Waals surface area contributed by atoms with Crippen molar-refractivity contribution < 1.29 is 17.9 Å². The topological polar surface area (TPSA) is 87.7 Å². The summed E-state index contributed by atoms with van der Waals surface area (Å²) < 4.78 is 33.3. The number of hydrogen-bond acceptors (Lipinski definition) is 6. The van der Waals surface area contributed by atoms with Crippen molar-refractivity contribution in [1.29, 1.82) is 0 Å². The van der Waals surface area contributed by atoms with E-state index in [2.05, 4.69) is 28.8 Å². The van der Waals surface area contributed by atoms with E-state index in [0.29, 0.717) is 31.2 Å². The van der Waals surface area contributed by atoms with Gasteiger partial charge in [-0.2, -0.15) is 0 Å². The van der Waals surface area contributed by atoms with Gasteiger partial charge in [-0.25, -0.2) is 13.1 Å². The molecule has 1 aromatic heterocycles. The van der Waals surface area contributed by atoms with Crippen LogP contribution in [0.1, 0.15) is 35.5 Å². The van der Waals surface area contributed by atoms with Crippen LogP contribution < -0.4 is 10.0 Å². The number of sulfonamides is 1. The highest BCUT2D eigenvalue weighted by molar-refractivity contribution is 7.89. The zero-order valence-corrected chi connectivity index (χ0v) is 19.7. The van der Waals surface area contributed by atoms with Crippen LogP contribution in [0.25, 0.3) is 0 Å². The van der Waals surface area contributed by atoms with Crippen LogP contribution in [0.3, 0.4) is 0 Å². The number of ether oxygens (including phenoxy) is 1. The van der Waals surface area contributed by atoms with Gasteiger partial charge in [0.25, 0.3) is 5.91 Å². The lowest BCUT2D eigenvalue weighted by molar-refractivity contribution is 0.0124. The van der Waals surface area contributed by atoms with Crippen molar-refractivity contribution in [1.82, 2.24) is 14.9 Å². The predicted octanol–water partition coefficient (Wildman–Crippen LogP) is 2.70. The highest BCUT2D eigenvalue weighted by atomic mass is 32.2. The Morgan fingerprint density at radius 2 is 1.97 bits per heavy atom. The second kappa shape index (κ2) is 11.2. The minimum atomic E-state index is -3.70. The van der Waals surface area contributed by atoms with Crippen molar-refractivity contribution in [2.45, 2.75) is 37.8 Å². The van der Waals surface area contributed by atoms with E-state index >= 15 is 0 Å². The van der Waals surface area contributed by atoms with Crippen molar-refractivity contribution >= 4 is 27.3 Å². The fourth-order valence-corrected chi connectivity index (χ4v) is 5.42. The number of rotatable bonds is 10. The highest BCUT2D eigenvalue weighted by Crippen LogP contribution is 2.16. The number of benzene rings is 1. The molecule has 1 aliphatic rings. The fraction of sp³-hybridized carbons (Fsp3) is 0.500. The smallest absolute Gasteiger partial charge is 0.251 e. The van der Waals surface area contributed by atoms with E-state index < -0.39 is 10.0 Å². The number of amides is 1. The van der Waals surface area contributed by atoms with Crippen molar-refractivity contribution in [2.24, 2.45) is 5.92 Å². The Bertz CT molecular complexity index is 939. The van der Waals surface area contributed by atoms with Crippen LogP contribution in [0.4, 0.5) is 0 Å². The molecule has 2 N–H and O–H groups in total. The van der Waals surface area contributed by atoms with Gasteiger partial charge in [-0.15, -0.1) is 11.3 Å². The summed E-state index contributed by atoms with van der Waals surface area (Å²) in [5, 5.41) is 4.90. The first kappa shape index (κ1) is 23.9. The van der Waals surface area contributed by atoms with Crippen molar-refractivity contribution in [3.05, 3.63) is 52.2 Å². The van der Waals surface area contributed by atoms with Crippen LogP contribution in [0.5, 0.6) is 0 Å². The third-order valence-electron chi connectivity index (χ3n) is 5.23. The van der Waals surface area contributed by atoms with Gasteiger partial charge in [0, 0.05) is 42.7 Å². The minimum absolute atomic E-state index is 0.0867.